The Morgan fingerprint density at radius 3 is 2.90 bits per heavy atom. The van der Waals surface area contributed by atoms with Crippen molar-refractivity contribution in [2.45, 2.75) is 29.4 Å². The van der Waals surface area contributed by atoms with Crippen LogP contribution in [-0.4, -0.2) is 26.0 Å². The van der Waals surface area contributed by atoms with E-state index in [9.17, 15) is 12.8 Å². The molecular weight excluding hydrogens is 299 g/mol. The normalized spacial score (nSPS) is 19.5. The van der Waals surface area contributed by atoms with Crippen LogP contribution in [0.2, 0.25) is 0 Å². The second kappa shape index (κ2) is 6.57. The van der Waals surface area contributed by atoms with Crippen LogP contribution in [0.15, 0.2) is 23.1 Å². The van der Waals surface area contributed by atoms with E-state index in [1.165, 1.54) is 12.5 Å². The Kier molecular flexibility index (Phi) is 5.02. The quantitative estimate of drug-likeness (QED) is 0.925. The first-order valence-corrected chi connectivity index (χ1v) is 8.87. The van der Waals surface area contributed by atoms with Gasteiger partial charge in [-0.25, -0.2) is 17.5 Å². The Morgan fingerprint density at radius 2 is 2.25 bits per heavy atom. The van der Waals surface area contributed by atoms with Gasteiger partial charge < -0.3 is 0 Å². The lowest BCUT2D eigenvalue weighted by Crippen LogP contribution is -2.32. The molecule has 1 aliphatic heterocycles. The van der Waals surface area contributed by atoms with Crippen molar-refractivity contribution < 1.29 is 12.8 Å². The molecule has 0 amide bonds. The molecule has 0 bridgehead atoms. The second-order valence-corrected chi connectivity index (χ2v) is 7.77. The summed E-state index contributed by atoms with van der Waals surface area (Å²) < 4.78 is 39.9. The van der Waals surface area contributed by atoms with Crippen LogP contribution >= 0.6 is 11.8 Å². The van der Waals surface area contributed by atoms with Gasteiger partial charge in [0.2, 0.25) is 10.0 Å². The molecule has 1 aliphatic rings. The number of rotatable bonds is 4. The molecule has 4 nitrogen and oxygen atoms in total. The minimum Gasteiger partial charge on any atom is -0.210 e. The van der Waals surface area contributed by atoms with Gasteiger partial charge in [-0.05, 0) is 36.8 Å². The molecular formula is C13H15FN2O2S2. The van der Waals surface area contributed by atoms with Gasteiger partial charge in [0.1, 0.15) is 11.9 Å². The molecule has 0 aliphatic carbocycles. The van der Waals surface area contributed by atoms with Crippen molar-refractivity contribution in [3.8, 4) is 6.07 Å². The van der Waals surface area contributed by atoms with E-state index in [1.807, 2.05) is 0 Å². The molecule has 1 saturated heterocycles. The predicted octanol–water partition coefficient (Wildman–Crippen LogP) is 2.26. The highest BCUT2D eigenvalue weighted by Crippen LogP contribution is 2.24. The Labute approximate surface area is 122 Å². The molecule has 1 unspecified atom stereocenters. The van der Waals surface area contributed by atoms with Crippen molar-refractivity contribution >= 4 is 21.8 Å². The van der Waals surface area contributed by atoms with E-state index in [4.69, 9.17) is 5.26 Å². The monoisotopic (exact) mass is 314 g/mol. The minimum atomic E-state index is -3.69. The van der Waals surface area contributed by atoms with Crippen molar-refractivity contribution in [2.75, 3.05) is 12.3 Å². The molecule has 0 spiro atoms. The van der Waals surface area contributed by atoms with Crippen LogP contribution in [0.3, 0.4) is 0 Å². The van der Waals surface area contributed by atoms with Gasteiger partial charge in [0, 0.05) is 11.8 Å². The lowest BCUT2D eigenvalue weighted by molar-refractivity contribution is 0.573. The van der Waals surface area contributed by atoms with E-state index >= 15 is 0 Å². The molecule has 1 atom stereocenters. The Balaban J connectivity index is 2.08. The maximum Gasteiger partial charge on any atom is 0.240 e. The lowest BCUT2D eigenvalue weighted by Gasteiger charge is -2.21. The van der Waals surface area contributed by atoms with Gasteiger partial charge in [0.25, 0.3) is 0 Å². The number of nitrogens with zero attached hydrogens (tertiary/aromatic N) is 1. The van der Waals surface area contributed by atoms with Gasteiger partial charge >= 0.3 is 0 Å². The molecule has 0 aromatic heterocycles. The number of sulfonamides is 1. The summed E-state index contributed by atoms with van der Waals surface area (Å²) in [6.45, 7) is 0.367. The molecule has 108 valence electrons. The number of hydrogen-bond acceptors (Lipinski definition) is 4. The zero-order valence-corrected chi connectivity index (χ0v) is 12.4. The molecule has 1 aromatic carbocycles. The van der Waals surface area contributed by atoms with Crippen molar-refractivity contribution in [3.63, 3.8) is 0 Å². The van der Waals surface area contributed by atoms with Gasteiger partial charge in [0.05, 0.1) is 10.5 Å². The van der Waals surface area contributed by atoms with Crippen molar-refractivity contribution in [1.29, 1.82) is 5.26 Å². The number of hydrogen-bond donors (Lipinski definition) is 1. The van der Waals surface area contributed by atoms with Crippen LogP contribution in [0.25, 0.3) is 0 Å². The highest BCUT2D eigenvalue weighted by atomic mass is 32.2. The maximum atomic E-state index is 13.2. The van der Waals surface area contributed by atoms with E-state index in [-0.39, 0.29) is 15.7 Å². The third-order valence-corrected chi connectivity index (χ3v) is 5.96. The zero-order valence-electron chi connectivity index (χ0n) is 10.8. The van der Waals surface area contributed by atoms with Gasteiger partial charge in [-0.2, -0.15) is 17.0 Å². The zero-order chi connectivity index (χ0) is 14.6. The average molecular weight is 314 g/mol. The fourth-order valence-corrected chi connectivity index (χ4v) is 4.46. The minimum absolute atomic E-state index is 0.0729. The average Bonchev–Trinajstić information content (AvgIpc) is 2.46. The summed E-state index contributed by atoms with van der Waals surface area (Å²) >= 11 is 1.77. The number of thioether (sulfide) groups is 1. The predicted molar refractivity (Wildman–Crippen MR) is 76.4 cm³/mol. The Morgan fingerprint density at radius 1 is 1.45 bits per heavy atom. The first-order chi connectivity index (χ1) is 9.53. The number of nitrogens with one attached hydrogen (secondary N) is 1. The molecule has 0 saturated carbocycles. The third-order valence-electron chi connectivity index (χ3n) is 3.14. The largest absolute Gasteiger partial charge is 0.240 e. The van der Waals surface area contributed by atoms with E-state index in [0.29, 0.717) is 6.54 Å². The van der Waals surface area contributed by atoms with E-state index < -0.39 is 15.8 Å². The first-order valence-electron chi connectivity index (χ1n) is 6.34. The van der Waals surface area contributed by atoms with Crippen LogP contribution in [0.5, 0.6) is 0 Å². The van der Waals surface area contributed by atoms with Gasteiger partial charge in [-0.15, -0.1) is 0 Å². The number of nitriles is 1. The fraction of sp³-hybridized carbons (Fsp3) is 0.462. The topological polar surface area (TPSA) is 70.0 Å². The molecule has 0 radical (unpaired) electrons. The number of benzene rings is 1. The molecule has 1 heterocycles. The molecule has 1 aromatic rings. The summed E-state index contributed by atoms with van der Waals surface area (Å²) in [6, 6.07) is 4.88. The summed E-state index contributed by atoms with van der Waals surface area (Å²) in [5.74, 6) is 0.343. The fourth-order valence-electron chi connectivity index (χ4n) is 2.01. The van der Waals surface area contributed by atoms with E-state index in [2.05, 4.69) is 4.72 Å². The van der Waals surface area contributed by atoms with Gasteiger partial charge in [0.15, 0.2) is 0 Å². The maximum absolute atomic E-state index is 13.2. The smallest absolute Gasteiger partial charge is 0.210 e. The highest BCUT2D eigenvalue weighted by Gasteiger charge is 2.20. The Bertz CT molecular complexity index is 620. The summed E-state index contributed by atoms with van der Waals surface area (Å²) in [4.78, 5) is -0.0729. The summed E-state index contributed by atoms with van der Waals surface area (Å²) in [5, 5.41) is 9.02. The van der Waals surface area contributed by atoms with Gasteiger partial charge in [-0.3, -0.25) is 0 Å². The van der Waals surface area contributed by atoms with Crippen LogP contribution in [-0.2, 0) is 10.0 Å². The molecule has 20 heavy (non-hydrogen) atoms. The SMILES string of the molecule is N#Cc1cc(S(=O)(=O)NCC2CCCCS2)ccc1F. The lowest BCUT2D eigenvalue weighted by atomic mass is 10.2. The molecule has 1 fully saturated rings. The highest BCUT2D eigenvalue weighted by molar-refractivity contribution is 8.00. The van der Waals surface area contributed by atoms with Crippen LogP contribution < -0.4 is 4.72 Å². The van der Waals surface area contributed by atoms with Gasteiger partial charge in [-0.1, -0.05) is 6.42 Å². The first kappa shape index (κ1) is 15.3. The third kappa shape index (κ3) is 3.72. The number of halogens is 1. The van der Waals surface area contributed by atoms with E-state index in [1.54, 1.807) is 17.8 Å². The molecule has 1 N–H and O–H groups in total. The van der Waals surface area contributed by atoms with Crippen LogP contribution in [0, 0.1) is 17.1 Å². The Hall–Kier alpha value is -1.10. The van der Waals surface area contributed by atoms with Crippen molar-refractivity contribution in [2.24, 2.45) is 0 Å². The van der Waals surface area contributed by atoms with Crippen molar-refractivity contribution in [3.05, 3.63) is 29.6 Å². The van der Waals surface area contributed by atoms with Crippen LogP contribution in [0.4, 0.5) is 4.39 Å². The van der Waals surface area contributed by atoms with Crippen LogP contribution in [0.1, 0.15) is 24.8 Å². The second-order valence-electron chi connectivity index (χ2n) is 4.59. The summed E-state index contributed by atoms with van der Waals surface area (Å²) in [5.41, 5.74) is -0.264. The summed E-state index contributed by atoms with van der Waals surface area (Å²) in [7, 11) is -3.69. The molecule has 7 heteroatoms. The van der Waals surface area contributed by atoms with E-state index in [0.717, 1.165) is 30.7 Å². The standard InChI is InChI=1S/C13H15FN2O2S2/c14-13-5-4-12(7-10(13)8-15)20(17,18)16-9-11-3-1-2-6-19-11/h4-5,7,11,16H,1-3,6,9H2. The summed E-state index contributed by atoms with van der Waals surface area (Å²) in [6.07, 6.45) is 3.30. The molecule has 2 rings (SSSR count). The van der Waals surface area contributed by atoms with Crippen molar-refractivity contribution in [1.82, 2.24) is 4.72 Å².